The normalized spacial score (nSPS) is 12.4. The molecule has 0 aliphatic rings. The summed E-state index contributed by atoms with van der Waals surface area (Å²) in [7, 11) is 1.81. The van der Waals surface area contributed by atoms with Crippen LogP contribution in [0.2, 0.25) is 10.0 Å². The average Bonchev–Trinajstić information content (AvgIpc) is 2.79. The number of carbonyl (C=O) groups is 1. The zero-order valence-corrected chi connectivity index (χ0v) is 13.6. The first-order valence-corrected chi connectivity index (χ1v) is 7.48. The van der Waals surface area contributed by atoms with Crippen molar-refractivity contribution in [2.45, 2.75) is 19.1 Å². The van der Waals surface area contributed by atoms with Gasteiger partial charge in [0.1, 0.15) is 31.5 Å². The molecule has 2 N–H and O–H groups in total. The summed E-state index contributed by atoms with van der Waals surface area (Å²) >= 11 is 11.9. The molecule has 22 heavy (non-hydrogen) atoms. The van der Waals surface area contributed by atoms with Crippen LogP contribution in [0.25, 0.3) is 0 Å². The number of aliphatic hydroxyl groups is 2. The van der Waals surface area contributed by atoms with E-state index in [4.69, 9.17) is 28.3 Å². The largest absolute Gasteiger partial charge is 0.394 e. The lowest BCUT2D eigenvalue weighted by Crippen LogP contribution is -2.35. The van der Waals surface area contributed by atoms with Crippen LogP contribution >= 0.6 is 23.2 Å². The third-order valence-electron chi connectivity index (χ3n) is 3.38. The lowest BCUT2D eigenvalue weighted by molar-refractivity contribution is -0.678. The lowest BCUT2D eigenvalue weighted by Gasteiger charge is -2.07. The van der Waals surface area contributed by atoms with Gasteiger partial charge in [-0.15, -0.1) is 0 Å². The second-order valence-electron chi connectivity index (χ2n) is 5.04. The number of benzene rings is 1. The fraction of sp³-hybridized carbons (Fsp3) is 0.333. The Labute approximate surface area is 138 Å². The predicted molar refractivity (Wildman–Crippen MR) is 83.2 cm³/mol. The van der Waals surface area contributed by atoms with Crippen LogP contribution in [-0.4, -0.2) is 33.3 Å². The maximum atomic E-state index is 12.4. The van der Waals surface area contributed by atoms with Gasteiger partial charge in [-0.25, -0.2) is 9.13 Å². The average molecular weight is 344 g/mol. The second-order valence-corrected chi connectivity index (χ2v) is 5.88. The maximum Gasteiger partial charge on any atom is 0.264 e. The van der Waals surface area contributed by atoms with Crippen molar-refractivity contribution >= 4 is 29.0 Å². The second kappa shape index (κ2) is 7.24. The van der Waals surface area contributed by atoms with Gasteiger partial charge in [0, 0.05) is 10.6 Å². The molecule has 1 atom stereocenters. The van der Waals surface area contributed by atoms with Gasteiger partial charge >= 0.3 is 0 Å². The van der Waals surface area contributed by atoms with Crippen molar-refractivity contribution in [3.63, 3.8) is 0 Å². The molecular weight excluding hydrogens is 327 g/mol. The van der Waals surface area contributed by atoms with Crippen molar-refractivity contribution < 1.29 is 19.6 Å². The Morgan fingerprint density at radius 3 is 2.77 bits per heavy atom. The monoisotopic (exact) mass is 343 g/mol. The Kier molecular flexibility index (Phi) is 5.58. The van der Waals surface area contributed by atoms with Gasteiger partial charge in [-0.3, -0.25) is 4.79 Å². The zero-order valence-electron chi connectivity index (χ0n) is 12.0. The molecular formula is C15H17Cl2N2O3+. The van der Waals surface area contributed by atoms with Gasteiger partial charge in [0.25, 0.3) is 5.82 Å². The smallest absolute Gasteiger partial charge is 0.264 e. The van der Waals surface area contributed by atoms with Gasteiger partial charge in [0.15, 0.2) is 5.78 Å². The summed E-state index contributed by atoms with van der Waals surface area (Å²) in [6, 6.07) is 4.75. The number of imidazole rings is 1. The molecule has 118 valence electrons. The van der Waals surface area contributed by atoms with Crippen LogP contribution in [-0.2, 0) is 20.0 Å². The van der Waals surface area contributed by atoms with E-state index >= 15 is 0 Å². The fourth-order valence-electron chi connectivity index (χ4n) is 2.19. The molecule has 0 aliphatic heterocycles. The summed E-state index contributed by atoms with van der Waals surface area (Å²) in [4.78, 5) is 12.4. The molecule has 0 saturated carbocycles. The van der Waals surface area contributed by atoms with Crippen LogP contribution in [0, 0.1) is 0 Å². The molecule has 0 spiro atoms. The van der Waals surface area contributed by atoms with E-state index in [2.05, 4.69) is 0 Å². The first kappa shape index (κ1) is 17.0. The molecule has 0 radical (unpaired) electrons. The SMILES string of the molecule is C[n+]1ccn(CC(O)CO)c1CC(=O)c1ccc(Cl)cc1Cl. The highest BCUT2D eigenvalue weighted by Gasteiger charge is 2.22. The van der Waals surface area contributed by atoms with Crippen LogP contribution in [0.4, 0.5) is 0 Å². The first-order chi connectivity index (χ1) is 10.4. The molecule has 1 aromatic heterocycles. The van der Waals surface area contributed by atoms with Gasteiger partial charge < -0.3 is 10.2 Å². The fourth-order valence-corrected chi connectivity index (χ4v) is 2.70. The van der Waals surface area contributed by atoms with Gasteiger partial charge in [0.2, 0.25) is 0 Å². The summed E-state index contributed by atoms with van der Waals surface area (Å²) < 4.78 is 3.54. The van der Waals surface area contributed by atoms with E-state index in [0.29, 0.717) is 21.4 Å². The van der Waals surface area contributed by atoms with Gasteiger partial charge in [-0.05, 0) is 18.2 Å². The number of halogens is 2. The molecule has 0 bridgehead atoms. The molecule has 1 heterocycles. The first-order valence-electron chi connectivity index (χ1n) is 6.73. The summed E-state index contributed by atoms with van der Waals surface area (Å²) in [6.45, 7) is -0.118. The third-order valence-corrected chi connectivity index (χ3v) is 3.93. The molecule has 1 aromatic carbocycles. The maximum absolute atomic E-state index is 12.4. The summed E-state index contributed by atoms with van der Waals surface area (Å²) in [6.07, 6.45) is 2.80. The van der Waals surface area contributed by atoms with E-state index in [1.54, 1.807) is 33.7 Å². The molecule has 0 saturated heterocycles. The molecule has 1 unspecified atom stereocenters. The number of rotatable bonds is 6. The van der Waals surface area contributed by atoms with Gasteiger partial charge in [-0.1, -0.05) is 23.2 Å². The molecule has 0 amide bonds. The summed E-state index contributed by atoms with van der Waals surface area (Å²) in [5.41, 5.74) is 0.404. The van der Waals surface area contributed by atoms with E-state index in [9.17, 15) is 9.90 Å². The van der Waals surface area contributed by atoms with Crippen molar-refractivity contribution in [2.75, 3.05) is 6.61 Å². The zero-order chi connectivity index (χ0) is 16.3. The molecule has 0 aliphatic carbocycles. The Morgan fingerprint density at radius 2 is 2.14 bits per heavy atom. The molecule has 2 rings (SSSR count). The summed E-state index contributed by atoms with van der Waals surface area (Å²) in [5, 5.41) is 19.3. The highest BCUT2D eigenvalue weighted by molar-refractivity contribution is 6.36. The Hall–Kier alpha value is -1.40. The van der Waals surface area contributed by atoms with E-state index < -0.39 is 6.10 Å². The Morgan fingerprint density at radius 1 is 1.41 bits per heavy atom. The number of Topliss-reactive ketones (excluding diaryl/α,β-unsaturated/α-hetero) is 1. The van der Waals surface area contributed by atoms with Gasteiger partial charge in [0.05, 0.1) is 18.7 Å². The number of aryl methyl sites for hydroxylation is 1. The van der Waals surface area contributed by atoms with Crippen LogP contribution in [0.15, 0.2) is 30.6 Å². The van der Waals surface area contributed by atoms with Crippen LogP contribution in [0.5, 0.6) is 0 Å². The van der Waals surface area contributed by atoms with Crippen LogP contribution < -0.4 is 4.57 Å². The van der Waals surface area contributed by atoms with Crippen molar-refractivity contribution in [1.29, 1.82) is 0 Å². The number of ketones is 1. The van der Waals surface area contributed by atoms with E-state index in [0.717, 1.165) is 0 Å². The topological polar surface area (TPSA) is 66.3 Å². The van der Waals surface area contributed by atoms with E-state index in [1.165, 1.54) is 6.07 Å². The van der Waals surface area contributed by atoms with Crippen LogP contribution in [0.3, 0.4) is 0 Å². The number of hydrogen-bond donors (Lipinski definition) is 2. The minimum absolute atomic E-state index is 0.128. The van der Waals surface area contributed by atoms with E-state index in [-0.39, 0.29) is 25.4 Å². The summed E-state index contributed by atoms with van der Waals surface area (Å²) in [5.74, 6) is 0.569. The minimum atomic E-state index is -0.875. The van der Waals surface area contributed by atoms with Crippen molar-refractivity contribution in [3.05, 3.63) is 52.0 Å². The highest BCUT2D eigenvalue weighted by Crippen LogP contribution is 2.22. The number of aromatic nitrogens is 2. The highest BCUT2D eigenvalue weighted by atomic mass is 35.5. The van der Waals surface area contributed by atoms with Crippen molar-refractivity contribution in [1.82, 2.24) is 4.57 Å². The molecule has 7 heteroatoms. The number of aliphatic hydroxyl groups excluding tert-OH is 2. The number of carbonyl (C=O) groups excluding carboxylic acids is 1. The quantitative estimate of drug-likeness (QED) is 0.615. The molecule has 2 aromatic rings. The molecule has 0 fully saturated rings. The Balaban J connectivity index is 2.23. The van der Waals surface area contributed by atoms with E-state index in [1.807, 2.05) is 7.05 Å². The standard InChI is InChI=1S/C15H17Cl2N2O3/c1-18-4-5-19(8-11(21)9-20)15(18)7-14(22)12-3-2-10(16)6-13(12)17/h2-6,11,20-21H,7-9H2,1H3/q+1. The lowest BCUT2D eigenvalue weighted by atomic mass is 10.1. The van der Waals surface area contributed by atoms with Crippen LogP contribution in [0.1, 0.15) is 16.2 Å². The predicted octanol–water partition coefficient (Wildman–Crippen LogP) is 1.40. The van der Waals surface area contributed by atoms with Gasteiger partial charge in [-0.2, -0.15) is 0 Å². The third kappa shape index (κ3) is 3.87. The van der Waals surface area contributed by atoms with Crippen molar-refractivity contribution in [2.24, 2.45) is 7.05 Å². The molecule has 5 nitrogen and oxygen atoms in total. The number of nitrogens with zero attached hydrogens (tertiary/aromatic N) is 2. The number of hydrogen-bond acceptors (Lipinski definition) is 3. The Bertz CT molecular complexity index is 685. The minimum Gasteiger partial charge on any atom is -0.394 e. The van der Waals surface area contributed by atoms with Crippen molar-refractivity contribution in [3.8, 4) is 0 Å².